The lowest BCUT2D eigenvalue weighted by Crippen LogP contribution is -2.27. The molecular weight excluding hydrogens is 386 g/mol. The molecule has 130 valence electrons. The van der Waals surface area contributed by atoms with Crippen molar-refractivity contribution >= 4 is 33.5 Å². The van der Waals surface area contributed by atoms with E-state index >= 15 is 0 Å². The van der Waals surface area contributed by atoms with Crippen LogP contribution in [-0.2, 0) is 9.59 Å². The van der Waals surface area contributed by atoms with Gasteiger partial charge in [0, 0.05) is 17.4 Å². The molecule has 0 unspecified atom stereocenters. The maximum absolute atomic E-state index is 12.4. The Morgan fingerprint density at radius 2 is 1.92 bits per heavy atom. The predicted molar refractivity (Wildman–Crippen MR) is 97.8 cm³/mol. The molecule has 2 aromatic rings. The molecule has 1 aliphatic rings. The summed E-state index contributed by atoms with van der Waals surface area (Å²) in [7, 11) is 0. The third-order valence-electron chi connectivity index (χ3n) is 3.95. The number of hydrogen-bond donors (Lipinski definition) is 0. The average molecular weight is 404 g/mol. The number of hydrogen-bond acceptors (Lipinski definition) is 4. The maximum atomic E-state index is 12.4. The summed E-state index contributed by atoms with van der Waals surface area (Å²) in [5.74, 6) is 0.108. The number of esters is 1. The molecule has 0 spiro atoms. The summed E-state index contributed by atoms with van der Waals surface area (Å²) in [6.07, 6.45) is 0.135. The Bertz CT molecular complexity index is 775. The Labute approximate surface area is 154 Å². The molecule has 2 aromatic carbocycles. The van der Waals surface area contributed by atoms with E-state index in [0.717, 1.165) is 4.47 Å². The fraction of sp³-hybridized carbons (Fsp3) is 0.263. The molecule has 25 heavy (non-hydrogen) atoms. The van der Waals surface area contributed by atoms with Crippen LogP contribution in [0.2, 0.25) is 0 Å². The number of amides is 1. The van der Waals surface area contributed by atoms with Gasteiger partial charge in [0.05, 0.1) is 18.2 Å². The Kier molecular flexibility index (Phi) is 5.38. The summed E-state index contributed by atoms with van der Waals surface area (Å²) in [6, 6.07) is 14.4. The first-order valence-corrected chi connectivity index (χ1v) is 8.87. The van der Waals surface area contributed by atoms with E-state index in [9.17, 15) is 9.59 Å². The van der Waals surface area contributed by atoms with E-state index in [-0.39, 0.29) is 18.9 Å². The molecule has 0 bridgehead atoms. The molecule has 0 aromatic heterocycles. The van der Waals surface area contributed by atoms with Gasteiger partial charge in [-0.3, -0.25) is 9.59 Å². The van der Waals surface area contributed by atoms with Crippen molar-refractivity contribution in [3.8, 4) is 11.5 Å². The number of rotatable bonds is 5. The van der Waals surface area contributed by atoms with Crippen LogP contribution in [0.4, 0.5) is 5.69 Å². The van der Waals surface area contributed by atoms with E-state index in [1.54, 1.807) is 29.2 Å². The van der Waals surface area contributed by atoms with Crippen molar-refractivity contribution in [2.75, 3.05) is 18.1 Å². The standard InChI is InChI=1S/C19H18BrNO4/c1-2-24-17-6-4-3-5-16(17)21-12-13(11-18(21)22)19(23)25-15-9-7-14(20)8-10-15/h3-10,13H,2,11-12H2,1H3/t13-/m1/s1. The lowest BCUT2D eigenvalue weighted by molar-refractivity contribution is -0.139. The normalized spacial score (nSPS) is 16.8. The van der Waals surface area contributed by atoms with E-state index < -0.39 is 11.9 Å². The smallest absolute Gasteiger partial charge is 0.316 e. The first kappa shape index (κ1) is 17.5. The summed E-state index contributed by atoms with van der Waals surface area (Å²) in [5, 5.41) is 0. The van der Waals surface area contributed by atoms with Gasteiger partial charge in [-0.05, 0) is 43.3 Å². The Hall–Kier alpha value is -2.34. The second kappa shape index (κ2) is 7.70. The minimum absolute atomic E-state index is 0.107. The van der Waals surface area contributed by atoms with E-state index in [2.05, 4.69) is 15.9 Å². The molecule has 1 fully saturated rings. The predicted octanol–water partition coefficient (Wildman–Crippen LogP) is 3.81. The van der Waals surface area contributed by atoms with Crippen molar-refractivity contribution in [3.63, 3.8) is 0 Å². The van der Waals surface area contributed by atoms with Crippen LogP contribution >= 0.6 is 15.9 Å². The van der Waals surface area contributed by atoms with Crippen molar-refractivity contribution in [2.24, 2.45) is 5.92 Å². The average Bonchev–Trinajstić information content (AvgIpc) is 2.99. The molecule has 0 aliphatic carbocycles. The van der Waals surface area contributed by atoms with Gasteiger partial charge in [-0.25, -0.2) is 0 Å². The highest BCUT2D eigenvalue weighted by Crippen LogP contribution is 2.33. The van der Waals surface area contributed by atoms with Crippen LogP contribution in [0.5, 0.6) is 11.5 Å². The molecule has 1 heterocycles. The van der Waals surface area contributed by atoms with Crippen LogP contribution in [0.3, 0.4) is 0 Å². The van der Waals surface area contributed by atoms with E-state index in [0.29, 0.717) is 23.8 Å². The number of carbonyl (C=O) groups excluding carboxylic acids is 2. The highest BCUT2D eigenvalue weighted by atomic mass is 79.9. The summed E-state index contributed by atoms with van der Waals surface area (Å²) < 4.78 is 11.9. The lowest BCUT2D eigenvalue weighted by atomic mass is 10.1. The zero-order chi connectivity index (χ0) is 17.8. The van der Waals surface area contributed by atoms with Crippen LogP contribution in [-0.4, -0.2) is 25.0 Å². The fourth-order valence-corrected chi connectivity index (χ4v) is 3.02. The molecule has 0 N–H and O–H groups in total. The van der Waals surface area contributed by atoms with Gasteiger partial charge in [-0.15, -0.1) is 0 Å². The van der Waals surface area contributed by atoms with Crippen LogP contribution < -0.4 is 14.4 Å². The van der Waals surface area contributed by atoms with E-state index in [1.807, 2.05) is 31.2 Å². The van der Waals surface area contributed by atoms with Crippen molar-refractivity contribution in [3.05, 3.63) is 53.0 Å². The number of carbonyl (C=O) groups is 2. The van der Waals surface area contributed by atoms with Gasteiger partial charge in [-0.2, -0.15) is 0 Å². The zero-order valence-electron chi connectivity index (χ0n) is 13.8. The molecule has 6 heteroatoms. The topological polar surface area (TPSA) is 55.8 Å². The molecule has 1 aliphatic heterocycles. The minimum Gasteiger partial charge on any atom is -0.492 e. The Balaban J connectivity index is 1.72. The van der Waals surface area contributed by atoms with Gasteiger partial charge in [0.25, 0.3) is 0 Å². The third kappa shape index (κ3) is 4.02. The third-order valence-corrected chi connectivity index (χ3v) is 4.48. The molecule has 3 rings (SSSR count). The second-order valence-electron chi connectivity index (χ2n) is 5.68. The number of benzene rings is 2. The van der Waals surface area contributed by atoms with Crippen molar-refractivity contribution in [1.82, 2.24) is 0 Å². The Morgan fingerprint density at radius 3 is 2.64 bits per heavy atom. The highest BCUT2D eigenvalue weighted by Gasteiger charge is 2.37. The molecule has 1 amide bonds. The monoisotopic (exact) mass is 403 g/mol. The Morgan fingerprint density at radius 1 is 1.20 bits per heavy atom. The van der Waals surface area contributed by atoms with Crippen LogP contribution in [0.15, 0.2) is 53.0 Å². The van der Waals surface area contributed by atoms with Gasteiger partial charge in [0.2, 0.25) is 5.91 Å². The molecule has 1 saturated heterocycles. The largest absolute Gasteiger partial charge is 0.492 e. The zero-order valence-corrected chi connectivity index (χ0v) is 15.4. The fourth-order valence-electron chi connectivity index (χ4n) is 2.76. The van der Waals surface area contributed by atoms with Crippen LogP contribution in [0.25, 0.3) is 0 Å². The molecule has 0 saturated carbocycles. The van der Waals surface area contributed by atoms with Crippen LogP contribution in [0, 0.1) is 5.92 Å². The minimum atomic E-state index is -0.495. The van der Waals surface area contributed by atoms with Gasteiger partial charge in [0.15, 0.2) is 0 Å². The summed E-state index contributed by atoms with van der Waals surface area (Å²) in [6.45, 7) is 2.69. The number of anilines is 1. The van der Waals surface area contributed by atoms with Gasteiger partial charge < -0.3 is 14.4 Å². The first-order chi connectivity index (χ1) is 12.1. The van der Waals surface area contributed by atoms with Crippen molar-refractivity contribution in [1.29, 1.82) is 0 Å². The highest BCUT2D eigenvalue weighted by molar-refractivity contribution is 9.10. The number of para-hydroxylation sites is 2. The SMILES string of the molecule is CCOc1ccccc1N1C[C@H](C(=O)Oc2ccc(Br)cc2)CC1=O. The van der Waals surface area contributed by atoms with Gasteiger partial charge in [-0.1, -0.05) is 28.1 Å². The molecule has 1 atom stereocenters. The first-order valence-electron chi connectivity index (χ1n) is 8.08. The van der Waals surface area contributed by atoms with Crippen molar-refractivity contribution in [2.45, 2.75) is 13.3 Å². The lowest BCUT2D eigenvalue weighted by Gasteiger charge is -2.19. The summed E-state index contributed by atoms with van der Waals surface area (Å²) >= 11 is 3.34. The van der Waals surface area contributed by atoms with E-state index in [4.69, 9.17) is 9.47 Å². The summed E-state index contributed by atoms with van der Waals surface area (Å²) in [4.78, 5) is 26.4. The van der Waals surface area contributed by atoms with Crippen LogP contribution in [0.1, 0.15) is 13.3 Å². The van der Waals surface area contributed by atoms with E-state index in [1.165, 1.54) is 0 Å². The molecular formula is C19H18BrNO4. The second-order valence-corrected chi connectivity index (χ2v) is 6.60. The number of halogens is 1. The number of ether oxygens (including phenoxy) is 2. The maximum Gasteiger partial charge on any atom is 0.316 e. The molecule has 5 nitrogen and oxygen atoms in total. The van der Waals surface area contributed by atoms with Gasteiger partial charge >= 0.3 is 5.97 Å². The molecule has 0 radical (unpaired) electrons. The quantitative estimate of drug-likeness (QED) is 0.562. The van der Waals surface area contributed by atoms with Gasteiger partial charge in [0.1, 0.15) is 11.5 Å². The summed E-state index contributed by atoms with van der Waals surface area (Å²) in [5.41, 5.74) is 0.688. The van der Waals surface area contributed by atoms with Crippen molar-refractivity contribution < 1.29 is 19.1 Å². The number of nitrogens with zero attached hydrogens (tertiary/aromatic N) is 1.